The number of thiophene rings is 1. The van der Waals surface area contributed by atoms with Gasteiger partial charge in [-0.3, -0.25) is 0 Å². The van der Waals surface area contributed by atoms with Gasteiger partial charge in [-0.05, 0) is 25.3 Å². The number of nitrogens with zero attached hydrogens (tertiary/aromatic N) is 6. The lowest BCUT2D eigenvalue weighted by molar-refractivity contribution is -0.147. The molecule has 10 nitrogen and oxygen atoms in total. The first-order chi connectivity index (χ1) is 16.8. The highest BCUT2D eigenvalue weighted by atomic mass is 32.1. The van der Waals surface area contributed by atoms with Crippen LogP contribution in [0, 0.1) is 0 Å². The Kier molecular flexibility index (Phi) is 7.57. The van der Waals surface area contributed by atoms with Crippen molar-refractivity contribution in [2.24, 2.45) is 0 Å². The molecule has 4 heterocycles. The summed E-state index contributed by atoms with van der Waals surface area (Å²) in [4.78, 5) is 24.1. The highest BCUT2D eigenvalue weighted by Crippen LogP contribution is 2.35. The van der Waals surface area contributed by atoms with Gasteiger partial charge in [0, 0.05) is 24.5 Å². The second-order valence-electron chi connectivity index (χ2n) is 8.00. The molecule has 1 amide bonds. The van der Waals surface area contributed by atoms with Gasteiger partial charge in [0.15, 0.2) is 5.82 Å². The summed E-state index contributed by atoms with van der Waals surface area (Å²) in [5.74, 6) is -0.134. The summed E-state index contributed by atoms with van der Waals surface area (Å²) in [6.45, 7) is 3.46. The zero-order chi connectivity index (χ0) is 25.0. The van der Waals surface area contributed by atoms with E-state index in [2.05, 4.69) is 37.1 Å². The topological polar surface area (TPSA) is 107 Å². The predicted molar refractivity (Wildman–Crippen MR) is 123 cm³/mol. The van der Waals surface area contributed by atoms with Crippen LogP contribution in [0.1, 0.15) is 42.7 Å². The molecule has 14 heteroatoms. The van der Waals surface area contributed by atoms with Crippen molar-refractivity contribution in [1.29, 1.82) is 0 Å². The average molecular weight is 514 g/mol. The first kappa shape index (κ1) is 24.9. The van der Waals surface area contributed by atoms with E-state index in [0.717, 1.165) is 32.5 Å². The van der Waals surface area contributed by atoms with Gasteiger partial charge in [0.1, 0.15) is 10.6 Å². The lowest BCUT2D eigenvalue weighted by Gasteiger charge is -2.29. The lowest BCUT2D eigenvalue weighted by atomic mass is 10.2. The van der Waals surface area contributed by atoms with Crippen molar-refractivity contribution in [3.05, 3.63) is 22.6 Å². The summed E-state index contributed by atoms with van der Waals surface area (Å²) in [6, 6.07) is 2.25. The van der Waals surface area contributed by atoms with Crippen LogP contribution in [0.25, 0.3) is 10.2 Å². The standard InChI is InChI=1S/C21H26F3N7O3S/c1-3-6-13-11-14-16(30-8-9-31-15(12-30)28-29-18(31)21(22,23)24)26-19(27-17(14)35-13)34-10-5-4-7-25-20(32)33-2/h11H,3-10,12H2,1-2H3,(H,25,32). The number of aryl methyl sites for hydroxylation is 1. The number of unbranched alkanes of at least 4 members (excludes halogenated alkanes) is 1. The number of carbonyl (C=O) groups is 1. The molecule has 0 unspecified atom stereocenters. The quantitative estimate of drug-likeness (QED) is 0.431. The molecule has 0 saturated carbocycles. The molecule has 0 bridgehead atoms. The van der Waals surface area contributed by atoms with E-state index in [4.69, 9.17) is 4.74 Å². The Labute approximate surface area is 203 Å². The number of nitrogens with one attached hydrogen (secondary N) is 1. The molecule has 1 N–H and O–H groups in total. The Hall–Kier alpha value is -3.16. The molecule has 3 aromatic heterocycles. The van der Waals surface area contributed by atoms with Crippen molar-refractivity contribution in [3.63, 3.8) is 0 Å². The Bertz CT molecular complexity index is 1180. The van der Waals surface area contributed by atoms with E-state index in [1.54, 1.807) is 11.3 Å². The van der Waals surface area contributed by atoms with E-state index in [-0.39, 0.29) is 24.9 Å². The van der Waals surface area contributed by atoms with Crippen molar-refractivity contribution in [2.75, 3.05) is 31.7 Å². The fourth-order valence-corrected chi connectivity index (χ4v) is 4.93. The number of amides is 1. The number of hydrogen-bond acceptors (Lipinski definition) is 9. The zero-order valence-electron chi connectivity index (χ0n) is 19.4. The van der Waals surface area contributed by atoms with Gasteiger partial charge in [0.2, 0.25) is 5.82 Å². The number of methoxy groups -OCH3 is 1. The van der Waals surface area contributed by atoms with Crippen molar-refractivity contribution in [2.45, 2.75) is 51.9 Å². The molecule has 3 aromatic rings. The molecule has 0 aliphatic carbocycles. The number of ether oxygens (including phenoxy) is 2. The minimum atomic E-state index is -4.55. The Balaban J connectivity index is 1.52. The number of rotatable bonds is 9. The smallest absolute Gasteiger partial charge is 0.451 e. The number of carbonyl (C=O) groups excluding carboxylic acids is 1. The highest BCUT2D eigenvalue weighted by Gasteiger charge is 2.39. The third kappa shape index (κ3) is 5.74. The molecular formula is C21H26F3N7O3S. The van der Waals surface area contributed by atoms with Crippen LogP contribution in [0.3, 0.4) is 0 Å². The van der Waals surface area contributed by atoms with Gasteiger partial charge in [0.25, 0.3) is 0 Å². The van der Waals surface area contributed by atoms with E-state index in [0.29, 0.717) is 38.4 Å². The molecule has 0 spiro atoms. The van der Waals surface area contributed by atoms with Gasteiger partial charge >= 0.3 is 18.3 Å². The Morgan fingerprint density at radius 1 is 1.23 bits per heavy atom. The largest absolute Gasteiger partial charge is 0.463 e. The van der Waals surface area contributed by atoms with Crippen LogP contribution in [-0.2, 0) is 30.4 Å². The molecule has 0 saturated heterocycles. The number of halogens is 3. The molecule has 1 aliphatic rings. The fraction of sp³-hybridized carbons (Fsp3) is 0.571. The number of anilines is 1. The maximum atomic E-state index is 13.2. The van der Waals surface area contributed by atoms with Crippen LogP contribution in [-0.4, -0.2) is 57.6 Å². The van der Waals surface area contributed by atoms with Gasteiger partial charge in [-0.1, -0.05) is 13.3 Å². The van der Waals surface area contributed by atoms with Crippen molar-refractivity contribution >= 4 is 33.5 Å². The van der Waals surface area contributed by atoms with E-state index < -0.39 is 18.1 Å². The number of alkyl halides is 3. The molecule has 1 aliphatic heterocycles. The van der Waals surface area contributed by atoms with Crippen LogP contribution in [0.15, 0.2) is 6.07 Å². The van der Waals surface area contributed by atoms with Gasteiger partial charge in [-0.25, -0.2) is 4.79 Å². The van der Waals surface area contributed by atoms with E-state index in [9.17, 15) is 18.0 Å². The summed E-state index contributed by atoms with van der Waals surface area (Å²) in [5, 5.41) is 10.6. The summed E-state index contributed by atoms with van der Waals surface area (Å²) in [5.41, 5.74) is 0. The second kappa shape index (κ2) is 10.6. The van der Waals surface area contributed by atoms with Crippen LogP contribution < -0.4 is 15.0 Å². The Morgan fingerprint density at radius 2 is 2.06 bits per heavy atom. The van der Waals surface area contributed by atoms with Crippen molar-refractivity contribution in [3.8, 4) is 6.01 Å². The number of aromatic nitrogens is 5. The number of alkyl carbamates (subject to hydrolysis) is 1. The molecule has 0 radical (unpaired) electrons. The first-order valence-electron chi connectivity index (χ1n) is 11.3. The second-order valence-corrected chi connectivity index (χ2v) is 9.11. The van der Waals surface area contributed by atoms with Crippen LogP contribution >= 0.6 is 11.3 Å². The third-order valence-corrected chi connectivity index (χ3v) is 6.55. The van der Waals surface area contributed by atoms with Gasteiger partial charge in [-0.15, -0.1) is 21.5 Å². The first-order valence-corrected chi connectivity index (χ1v) is 12.1. The summed E-state index contributed by atoms with van der Waals surface area (Å²) in [6.07, 6.45) is -1.80. The minimum Gasteiger partial charge on any atom is -0.463 e. The number of hydrogen-bond donors (Lipinski definition) is 1. The lowest BCUT2D eigenvalue weighted by Crippen LogP contribution is -2.36. The highest BCUT2D eigenvalue weighted by molar-refractivity contribution is 7.18. The van der Waals surface area contributed by atoms with Gasteiger partial charge in [0.05, 0.1) is 25.6 Å². The summed E-state index contributed by atoms with van der Waals surface area (Å²) in [7, 11) is 1.31. The zero-order valence-corrected chi connectivity index (χ0v) is 20.2. The van der Waals surface area contributed by atoms with Crippen LogP contribution in [0.5, 0.6) is 6.01 Å². The summed E-state index contributed by atoms with van der Waals surface area (Å²) < 4.78 is 51.1. The van der Waals surface area contributed by atoms with Crippen molar-refractivity contribution < 1.29 is 27.4 Å². The van der Waals surface area contributed by atoms with Gasteiger partial charge in [-0.2, -0.15) is 23.1 Å². The van der Waals surface area contributed by atoms with Crippen LogP contribution in [0.2, 0.25) is 0 Å². The third-order valence-electron chi connectivity index (χ3n) is 5.46. The fourth-order valence-electron chi connectivity index (χ4n) is 3.81. The van der Waals surface area contributed by atoms with Gasteiger partial charge < -0.3 is 24.3 Å². The van der Waals surface area contributed by atoms with Crippen molar-refractivity contribution in [1.82, 2.24) is 30.0 Å². The monoisotopic (exact) mass is 513 g/mol. The maximum Gasteiger partial charge on any atom is 0.451 e. The van der Waals surface area contributed by atoms with E-state index in [1.165, 1.54) is 7.11 Å². The Morgan fingerprint density at radius 3 is 2.80 bits per heavy atom. The van der Waals surface area contributed by atoms with E-state index >= 15 is 0 Å². The maximum absolute atomic E-state index is 13.2. The van der Waals surface area contributed by atoms with Crippen LogP contribution in [0.4, 0.5) is 23.8 Å². The molecule has 0 fully saturated rings. The summed E-state index contributed by atoms with van der Waals surface area (Å²) >= 11 is 1.56. The minimum absolute atomic E-state index is 0.0953. The predicted octanol–water partition coefficient (Wildman–Crippen LogP) is 3.79. The molecular weight excluding hydrogens is 487 g/mol. The molecule has 0 aromatic carbocycles. The average Bonchev–Trinajstić information content (AvgIpc) is 3.44. The van der Waals surface area contributed by atoms with E-state index in [1.807, 2.05) is 11.0 Å². The SMILES string of the molecule is CCCc1cc2c(N3CCn4c(nnc4C(F)(F)F)C3)nc(OCCCCNC(=O)OC)nc2s1. The normalized spacial score (nSPS) is 13.7. The molecule has 35 heavy (non-hydrogen) atoms. The molecule has 4 rings (SSSR count). The molecule has 0 atom stereocenters. The number of fused-ring (bicyclic) bond motifs is 2. The molecule has 190 valence electrons.